The number of rotatable bonds is 2. The zero-order chi connectivity index (χ0) is 8.04. The lowest BCUT2D eigenvalue weighted by molar-refractivity contribution is 0.570. The Morgan fingerprint density at radius 2 is 1.90 bits per heavy atom. The Morgan fingerprint density at radius 1 is 1.30 bits per heavy atom. The largest absolute Gasteiger partial charge is 0.330 e. The van der Waals surface area contributed by atoms with Gasteiger partial charge in [-0.1, -0.05) is 5.92 Å². The molecular formula is C9H17N. The minimum absolute atomic E-state index is 0.147. The fraction of sp³-hybridized carbons (Fsp3) is 0.778. The standard InChI is InChI=1S/C9H17N/c1-9(2,3)7-5-4-6-8-10/h4,6,8,10H2,1-3H3. The van der Waals surface area contributed by atoms with E-state index in [9.17, 15) is 0 Å². The van der Waals surface area contributed by atoms with Crippen molar-refractivity contribution in [2.45, 2.75) is 33.6 Å². The van der Waals surface area contributed by atoms with Crippen molar-refractivity contribution in [3.63, 3.8) is 0 Å². The van der Waals surface area contributed by atoms with Crippen molar-refractivity contribution in [2.75, 3.05) is 6.54 Å². The third-order valence-corrected chi connectivity index (χ3v) is 0.969. The smallest absolute Gasteiger partial charge is 0.0230 e. The van der Waals surface area contributed by atoms with Gasteiger partial charge in [0.05, 0.1) is 0 Å². The van der Waals surface area contributed by atoms with E-state index in [4.69, 9.17) is 5.73 Å². The van der Waals surface area contributed by atoms with E-state index < -0.39 is 0 Å². The van der Waals surface area contributed by atoms with Crippen LogP contribution in [0.3, 0.4) is 0 Å². The average molecular weight is 139 g/mol. The summed E-state index contributed by atoms with van der Waals surface area (Å²) >= 11 is 0. The van der Waals surface area contributed by atoms with Gasteiger partial charge in [0.15, 0.2) is 0 Å². The summed E-state index contributed by atoms with van der Waals surface area (Å²) in [7, 11) is 0. The molecule has 0 rings (SSSR count). The lowest BCUT2D eigenvalue weighted by Gasteiger charge is -2.06. The van der Waals surface area contributed by atoms with Crippen LogP contribution in [0.5, 0.6) is 0 Å². The Labute approximate surface area is 64.0 Å². The first kappa shape index (κ1) is 9.52. The molecule has 0 saturated heterocycles. The lowest BCUT2D eigenvalue weighted by atomic mass is 9.98. The molecular weight excluding hydrogens is 122 g/mol. The summed E-state index contributed by atoms with van der Waals surface area (Å²) in [6, 6.07) is 0. The summed E-state index contributed by atoms with van der Waals surface area (Å²) < 4.78 is 0. The molecule has 2 N–H and O–H groups in total. The molecule has 0 aliphatic carbocycles. The molecule has 10 heavy (non-hydrogen) atoms. The number of hydrogen-bond donors (Lipinski definition) is 1. The van der Waals surface area contributed by atoms with Crippen LogP contribution >= 0.6 is 0 Å². The van der Waals surface area contributed by atoms with Crippen LogP contribution in [0.1, 0.15) is 33.6 Å². The fourth-order valence-corrected chi connectivity index (χ4v) is 0.518. The number of unbranched alkanes of at least 4 members (excludes halogenated alkanes) is 1. The molecule has 0 aliphatic heterocycles. The molecule has 0 aromatic rings. The molecule has 0 aliphatic rings. The second-order valence-electron chi connectivity index (χ2n) is 3.44. The van der Waals surface area contributed by atoms with Crippen molar-refractivity contribution in [1.82, 2.24) is 0 Å². The maximum atomic E-state index is 5.31. The molecule has 0 fully saturated rings. The van der Waals surface area contributed by atoms with E-state index >= 15 is 0 Å². The summed E-state index contributed by atoms with van der Waals surface area (Å²) in [5.74, 6) is 6.25. The molecule has 0 aromatic carbocycles. The zero-order valence-corrected chi connectivity index (χ0v) is 7.20. The highest BCUT2D eigenvalue weighted by atomic mass is 14.5. The molecule has 1 nitrogen and oxygen atoms in total. The lowest BCUT2D eigenvalue weighted by Crippen LogP contribution is -2.00. The van der Waals surface area contributed by atoms with Crippen molar-refractivity contribution >= 4 is 0 Å². The summed E-state index contributed by atoms with van der Waals surface area (Å²) in [5.41, 5.74) is 5.46. The second kappa shape index (κ2) is 4.35. The van der Waals surface area contributed by atoms with Crippen LogP contribution in [0.2, 0.25) is 0 Å². The van der Waals surface area contributed by atoms with Gasteiger partial charge in [0.2, 0.25) is 0 Å². The van der Waals surface area contributed by atoms with E-state index in [0.717, 1.165) is 19.4 Å². The van der Waals surface area contributed by atoms with Crippen molar-refractivity contribution in [1.29, 1.82) is 0 Å². The van der Waals surface area contributed by atoms with E-state index in [0.29, 0.717) is 0 Å². The van der Waals surface area contributed by atoms with Crippen LogP contribution in [0.25, 0.3) is 0 Å². The highest BCUT2D eigenvalue weighted by Gasteiger charge is 2.02. The first-order valence-corrected chi connectivity index (χ1v) is 3.76. The predicted octanol–water partition coefficient (Wildman–Crippen LogP) is 1.77. The van der Waals surface area contributed by atoms with Gasteiger partial charge in [0, 0.05) is 11.8 Å². The van der Waals surface area contributed by atoms with Crippen molar-refractivity contribution < 1.29 is 0 Å². The molecule has 0 unspecified atom stereocenters. The van der Waals surface area contributed by atoms with Gasteiger partial charge in [0.25, 0.3) is 0 Å². The summed E-state index contributed by atoms with van der Waals surface area (Å²) in [5, 5.41) is 0. The third kappa shape index (κ3) is 7.52. The van der Waals surface area contributed by atoms with Gasteiger partial charge < -0.3 is 5.73 Å². The molecule has 0 saturated carbocycles. The molecule has 58 valence electrons. The average Bonchev–Trinajstić information content (AvgIpc) is 1.78. The van der Waals surface area contributed by atoms with E-state index in [1.807, 2.05) is 0 Å². The molecule has 0 radical (unpaired) electrons. The van der Waals surface area contributed by atoms with Crippen molar-refractivity contribution in [3.05, 3.63) is 0 Å². The maximum absolute atomic E-state index is 5.31. The topological polar surface area (TPSA) is 26.0 Å². The highest BCUT2D eigenvalue weighted by Crippen LogP contribution is 2.09. The summed E-state index contributed by atoms with van der Waals surface area (Å²) in [4.78, 5) is 0. The van der Waals surface area contributed by atoms with Crippen LogP contribution in [0, 0.1) is 17.3 Å². The fourth-order valence-electron chi connectivity index (χ4n) is 0.518. The third-order valence-electron chi connectivity index (χ3n) is 0.969. The summed E-state index contributed by atoms with van der Waals surface area (Å²) in [6.07, 6.45) is 1.96. The Bertz CT molecular complexity index is 131. The van der Waals surface area contributed by atoms with Crippen LogP contribution < -0.4 is 5.73 Å². The van der Waals surface area contributed by atoms with Gasteiger partial charge in [-0.15, -0.1) is 5.92 Å². The SMILES string of the molecule is CC(C)(C)C#CCCCN. The zero-order valence-electron chi connectivity index (χ0n) is 7.20. The second-order valence-corrected chi connectivity index (χ2v) is 3.44. The first-order valence-electron chi connectivity index (χ1n) is 3.76. The van der Waals surface area contributed by atoms with Gasteiger partial charge in [-0.05, 0) is 33.7 Å². The quantitative estimate of drug-likeness (QED) is 0.458. The molecule has 0 heterocycles. The summed E-state index contributed by atoms with van der Waals surface area (Å²) in [6.45, 7) is 7.09. The van der Waals surface area contributed by atoms with Gasteiger partial charge >= 0.3 is 0 Å². The molecule has 0 aromatic heterocycles. The minimum Gasteiger partial charge on any atom is -0.330 e. The van der Waals surface area contributed by atoms with Crippen molar-refractivity contribution in [3.8, 4) is 11.8 Å². The van der Waals surface area contributed by atoms with Crippen LogP contribution in [0.15, 0.2) is 0 Å². The minimum atomic E-state index is 0.147. The van der Waals surface area contributed by atoms with Gasteiger partial charge in [0.1, 0.15) is 0 Å². The molecule has 0 amide bonds. The highest BCUT2D eigenvalue weighted by molar-refractivity contribution is 5.06. The van der Waals surface area contributed by atoms with Gasteiger partial charge in [-0.3, -0.25) is 0 Å². The van der Waals surface area contributed by atoms with E-state index in [1.165, 1.54) is 0 Å². The maximum Gasteiger partial charge on any atom is 0.0230 e. The Morgan fingerprint density at radius 3 is 2.30 bits per heavy atom. The molecule has 0 atom stereocenters. The Balaban J connectivity index is 3.50. The van der Waals surface area contributed by atoms with E-state index in [2.05, 4.69) is 32.6 Å². The van der Waals surface area contributed by atoms with Crippen LogP contribution in [-0.2, 0) is 0 Å². The van der Waals surface area contributed by atoms with E-state index in [-0.39, 0.29) is 5.41 Å². The predicted molar refractivity (Wildman–Crippen MR) is 45.5 cm³/mol. The molecule has 0 bridgehead atoms. The monoisotopic (exact) mass is 139 g/mol. The first-order chi connectivity index (χ1) is 4.56. The van der Waals surface area contributed by atoms with Crippen LogP contribution in [0.4, 0.5) is 0 Å². The number of nitrogens with two attached hydrogens (primary N) is 1. The van der Waals surface area contributed by atoms with Gasteiger partial charge in [-0.2, -0.15) is 0 Å². The molecule has 1 heteroatoms. The Kier molecular flexibility index (Phi) is 4.14. The van der Waals surface area contributed by atoms with Gasteiger partial charge in [-0.25, -0.2) is 0 Å². The van der Waals surface area contributed by atoms with Crippen LogP contribution in [-0.4, -0.2) is 6.54 Å². The molecule has 0 spiro atoms. The normalized spacial score (nSPS) is 10.4. The van der Waals surface area contributed by atoms with E-state index in [1.54, 1.807) is 0 Å². The number of hydrogen-bond acceptors (Lipinski definition) is 1. The Hall–Kier alpha value is -0.480. The van der Waals surface area contributed by atoms with Crippen molar-refractivity contribution in [2.24, 2.45) is 11.1 Å².